The highest BCUT2D eigenvalue weighted by molar-refractivity contribution is 5.79. The summed E-state index contributed by atoms with van der Waals surface area (Å²) in [5.74, 6) is -0.743. The fourth-order valence-electron chi connectivity index (χ4n) is 1.75. The molecule has 0 aliphatic carbocycles. The van der Waals surface area contributed by atoms with E-state index < -0.39 is 5.97 Å². The number of hydrogen-bond acceptors (Lipinski definition) is 2. The van der Waals surface area contributed by atoms with E-state index in [1.165, 1.54) is 0 Å². The summed E-state index contributed by atoms with van der Waals surface area (Å²) in [5, 5.41) is 9.64. The molecule has 0 unspecified atom stereocenters. The molecule has 0 fully saturated rings. The van der Waals surface area contributed by atoms with Gasteiger partial charge in [-0.05, 0) is 31.1 Å². The van der Waals surface area contributed by atoms with Crippen molar-refractivity contribution in [1.82, 2.24) is 4.98 Å². The van der Waals surface area contributed by atoms with Crippen LogP contribution in [-0.4, -0.2) is 16.1 Å². The van der Waals surface area contributed by atoms with E-state index in [1.54, 1.807) is 0 Å². The average Bonchev–Trinajstić information content (AvgIpc) is 2.38. The van der Waals surface area contributed by atoms with Gasteiger partial charge in [0.15, 0.2) is 0 Å². The molecule has 0 bridgehead atoms. The van der Waals surface area contributed by atoms with Crippen LogP contribution in [0.2, 0.25) is 0 Å². The molecule has 3 nitrogen and oxygen atoms in total. The molecule has 0 aliphatic heterocycles. The van der Waals surface area contributed by atoms with E-state index >= 15 is 0 Å². The van der Waals surface area contributed by atoms with Gasteiger partial charge in [0.25, 0.3) is 0 Å². The lowest BCUT2D eigenvalue weighted by molar-refractivity contribution is -0.137. The monoisotopic (exact) mass is 241 g/mol. The van der Waals surface area contributed by atoms with Gasteiger partial charge in [-0.15, -0.1) is 0 Å². The molecule has 1 N–H and O–H groups in total. The van der Waals surface area contributed by atoms with Crippen molar-refractivity contribution >= 4 is 22.9 Å². The zero-order valence-corrected chi connectivity index (χ0v) is 10.0. The molecule has 0 radical (unpaired) electrons. The summed E-state index contributed by atoms with van der Waals surface area (Å²) in [7, 11) is 0. The number of allylic oxidation sites excluding steroid dienone is 1. The van der Waals surface area contributed by atoms with Crippen LogP contribution >= 0.6 is 0 Å². The summed E-state index contributed by atoms with van der Waals surface area (Å²) in [4.78, 5) is 14.8. The number of unbranched alkanes of at least 4 members (excludes halogenated alkanes) is 1. The van der Waals surface area contributed by atoms with E-state index in [0.29, 0.717) is 6.42 Å². The number of carboxylic acid groups (broad SMARTS) is 1. The van der Waals surface area contributed by atoms with Crippen LogP contribution < -0.4 is 0 Å². The Kier molecular flexibility index (Phi) is 4.07. The Bertz CT molecular complexity index is 575. The first-order valence-corrected chi connectivity index (χ1v) is 6.00. The minimum Gasteiger partial charge on any atom is -0.481 e. The average molecular weight is 241 g/mol. The summed E-state index contributed by atoms with van der Waals surface area (Å²) in [6, 6.07) is 12.0. The van der Waals surface area contributed by atoms with Crippen LogP contribution in [0, 0.1) is 0 Å². The maximum atomic E-state index is 10.3. The van der Waals surface area contributed by atoms with Gasteiger partial charge in [0.2, 0.25) is 0 Å². The van der Waals surface area contributed by atoms with Crippen LogP contribution in [0.5, 0.6) is 0 Å². The smallest absolute Gasteiger partial charge is 0.303 e. The topological polar surface area (TPSA) is 50.2 Å². The summed E-state index contributed by atoms with van der Waals surface area (Å²) in [6.07, 6.45) is 5.56. The quantitative estimate of drug-likeness (QED) is 0.815. The van der Waals surface area contributed by atoms with Gasteiger partial charge in [0.1, 0.15) is 0 Å². The van der Waals surface area contributed by atoms with E-state index in [-0.39, 0.29) is 6.42 Å². The highest BCUT2D eigenvalue weighted by Crippen LogP contribution is 2.12. The van der Waals surface area contributed by atoms with E-state index in [4.69, 9.17) is 5.11 Å². The molecule has 92 valence electrons. The molecule has 1 aromatic carbocycles. The van der Waals surface area contributed by atoms with Crippen molar-refractivity contribution in [2.75, 3.05) is 0 Å². The predicted molar refractivity (Wildman–Crippen MR) is 72.3 cm³/mol. The summed E-state index contributed by atoms with van der Waals surface area (Å²) >= 11 is 0. The van der Waals surface area contributed by atoms with Gasteiger partial charge in [0, 0.05) is 11.8 Å². The van der Waals surface area contributed by atoms with Gasteiger partial charge in [-0.1, -0.05) is 30.3 Å². The van der Waals surface area contributed by atoms with E-state index in [1.807, 2.05) is 48.6 Å². The van der Waals surface area contributed by atoms with Crippen molar-refractivity contribution in [3.8, 4) is 0 Å². The van der Waals surface area contributed by atoms with Gasteiger partial charge in [-0.2, -0.15) is 0 Å². The first kappa shape index (κ1) is 12.3. The van der Waals surface area contributed by atoms with Crippen LogP contribution in [0.4, 0.5) is 0 Å². The first-order chi connectivity index (χ1) is 8.75. The van der Waals surface area contributed by atoms with Crippen molar-refractivity contribution in [1.29, 1.82) is 0 Å². The number of nitrogens with zero attached hydrogens (tertiary/aromatic N) is 1. The Hall–Kier alpha value is -2.16. The molecule has 18 heavy (non-hydrogen) atoms. The lowest BCUT2D eigenvalue weighted by Gasteiger charge is -1.98. The summed E-state index contributed by atoms with van der Waals surface area (Å²) in [5.41, 5.74) is 1.88. The molecule has 1 aromatic heterocycles. The number of carboxylic acids is 1. The Morgan fingerprint density at radius 3 is 2.89 bits per heavy atom. The van der Waals surface area contributed by atoms with Crippen LogP contribution in [0.3, 0.4) is 0 Å². The Morgan fingerprint density at radius 2 is 2.06 bits per heavy atom. The number of pyridine rings is 1. The van der Waals surface area contributed by atoms with Gasteiger partial charge < -0.3 is 5.11 Å². The third kappa shape index (κ3) is 3.42. The second kappa shape index (κ2) is 5.96. The molecule has 0 atom stereocenters. The molecular formula is C15H15NO2. The standard InChI is InChI=1S/C15H15NO2/c17-15(18)9-3-1-2-7-13-11-10-12-6-4-5-8-14(12)16-13/h2,4-8,10-11H,1,3,9H2,(H,17,18)/b7-2+. The molecule has 0 saturated carbocycles. The van der Waals surface area contributed by atoms with E-state index in [9.17, 15) is 4.79 Å². The maximum absolute atomic E-state index is 10.3. The second-order valence-corrected chi connectivity index (χ2v) is 4.12. The molecule has 1 heterocycles. The fourth-order valence-corrected chi connectivity index (χ4v) is 1.75. The van der Waals surface area contributed by atoms with Crippen molar-refractivity contribution < 1.29 is 9.90 Å². The third-order valence-electron chi connectivity index (χ3n) is 2.67. The molecular weight excluding hydrogens is 226 g/mol. The number of aromatic nitrogens is 1. The Labute approximate surface area is 106 Å². The van der Waals surface area contributed by atoms with Crippen LogP contribution in [0.25, 0.3) is 17.0 Å². The van der Waals surface area contributed by atoms with Crippen LogP contribution in [0.1, 0.15) is 25.0 Å². The Morgan fingerprint density at radius 1 is 1.22 bits per heavy atom. The number of hydrogen-bond donors (Lipinski definition) is 1. The number of rotatable bonds is 5. The maximum Gasteiger partial charge on any atom is 0.303 e. The van der Waals surface area contributed by atoms with Crippen molar-refractivity contribution in [3.63, 3.8) is 0 Å². The number of aliphatic carboxylic acids is 1. The lowest BCUT2D eigenvalue weighted by atomic mass is 10.2. The highest BCUT2D eigenvalue weighted by Gasteiger charge is 1.95. The van der Waals surface area contributed by atoms with Crippen molar-refractivity contribution in [3.05, 3.63) is 48.2 Å². The summed E-state index contributed by atoms with van der Waals surface area (Å²) < 4.78 is 0. The van der Waals surface area contributed by atoms with Crippen molar-refractivity contribution in [2.24, 2.45) is 0 Å². The zero-order valence-electron chi connectivity index (χ0n) is 10.0. The predicted octanol–water partition coefficient (Wildman–Crippen LogP) is 3.50. The molecule has 2 aromatic rings. The largest absolute Gasteiger partial charge is 0.481 e. The van der Waals surface area contributed by atoms with E-state index in [2.05, 4.69) is 4.98 Å². The highest BCUT2D eigenvalue weighted by atomic mass is 16.4. The second-order valence-electron chi connectivity index (χ2n) is 4.12. The molecule has 3 heteroatoms. The first-order valence-electron chi connectivity index (χ1n) is 6.00. The Balaban J connectivity index is 1.99. The number of para-hydroxylation sites is 1. The van der Waals surface area contributed by atoms with E-state index in [0.717, 1.165) is 23.0 Å². The number of benzene rings is 1. The number of carbonyl (C=O) groups is 1. The molecule has 0 saturated heterocycles. The molecule has 2 rings (SSSR count). The van der Waals surface area contributed by atoms with Gasteiger partial charge in [0.05, 0.1) is 11.2 Å². The van der Waals surface area contributed by atoms with Crippen LogP contribution in [0.15, 0.2) is 42.5 Å². The minimum absolute atomic E-state index is 0.218. The van der Waals surface area contributed by atoms with Gasteiger partial charge in [-0.25, -0.2) is 4.98 Å². The number of fused-ring (bicyclic) bond motifs is 1. The van der Waals surface area contributed by atoms with Gasteiger partial charge >= 0.3 is 5.97 Å². The lowest BCUT2D eigenvalue weighted by Crippen LogP contribution is -1.92. The van der Waals surface area contributed by atoms with Gasteiger partial charge in [-0.3, -0.25) is 4.79 Å². The normalized spacial score (nSPS) is 11.1. The third-order valence-corrected chi connectivity index (χ3v) is 2.67. The molecule has 0 spiro atoms. The molecule has 0 amide bonds. The minimum atomic E-state index is -0.743. The summed E-state index contributed by atoms with van der Waals surface area (Å²) in [6.45, 7) is 0. The van der Waals surface area contributed by atoms with Crippen molar-refractivity contribution in [2.45, 2.75) is 19.3 Å². The fraction of sp³-hybridized carbons (Fsp3) is 0.200. The molecule has 0 aliphatic rings. The SMILES string of the molecule is O=C(O)CCC/C=C/c1ccc2ccccc2n1. The van der Waals surface area contributed by atoms with Crippen LogP contribution in [-0.2, 0) is 4.79 Å². The zero-order chi connectivity index (χ0) is 12.8.